The molecule has 0 saturated carbocycles. The summed E-state index contributed by atoms with van der Waals surface area (Å²) in [5.41, 5.74) is 0.749. The molecule has 2 aromatic rings. The molecular formula is C16H10Cl2N2O3. The monoisotopic (exact) mass is 348 g/mol. The van der Waals surface area contributed by atoms with Crippen molar-refractivity contribution in [1.82, 2.24) is 0 Å². The zero-order valence-corrected chi connectivity index (χ0v) is 13.2. The van der Waals surface area contributed by atoms with Crippen LogP contribution in [-0.2, 0) is 9.53 Å². The lowest BCUT2D eigenvalue weighted by molar-refractivity contribution is -0.119. The van der Waals surface area contributed by atoms with Crippen molar-refractivity contribution in [1.29, 1.82) is 5.26 Å². The van der Waals surface area contributed by atoms with Gasteiger partial charge in [0.25, 0.3) is 5.91 Å². The molecular weight excluding hydrogens is 339 g/mol. The van der Waals surface area contributed by atoms with Gasteiger partial charge in [0.15, 0.2) is 6.61 Å². The van der Waals surface area contributed by atoms with E-state index in [9.17, 15) is 9.59 Å². The zero-order valence-electron chi connectivity index (χ0n) is 11.7. The van der Waals surface area contributed by atoms with E-state index in [1.807, 2.05) is 6.07 Å². The lowest BCUT2D eigenvalue weighted by atomic mass is 10.2. The van der Waals surface area contributed by atoms with Crippen LogP contribution in [0.1, 0.15) is 15.9 Å². The summed E-state index contributed by atoms with van der Waals surface area (Å²) < 4.78 is 4.90. The maximum atomic E-state index is 11.8. The van der Waals surface area contributed by atoms with Crippen molar-refractivity contribution in [3.05, 3.63) is 63.6 Å². The molecule has 5 nitrogen and oxygen atoms in total. The molecule has 23 heavy (non-hydrogen) atoms. The van der Waals surface area contributed by atoms with Crippen LogP contribution in [0.5, 0.6) is 0 Å². The van der Waals surface area contributed by atoms with Crippen LogP contribution in [0, 0.1) is 11.3 Å². The normalized spacial score (nSPS) is 9.78. The minimum atomic E-state index is -0.672. The van der Waals surface area contributed by atoms with Gasteiger partial charge in [0.1, 0.15) is 6.07 Å². The number of anilines is 1. The molecule has 0 aliphatic carbocycles. The number of amides is 1. The number of carbonyl (C=O) groups is 2. The van der Waals surface area contributed by atoms with Crippen molar-refractivity contribution in [2.45, 2.75) is 0 Å². The maximum Gasteiger partial charge on any atom is 0.338 e. The van der Waals surface area contributed by atoms with Crippen LogP contribution in [0.4, 0.5) is 5.69 Å². The van der Waals surface area contributed by atoms with Crippen molar-refractivity contribution in [2.24, 2.45) is 0 Å². The second-order valence-electron chi connectivity index (χ2n) is 4.44. The molecule has 1 N–H and O–H groups in total. The zero-order chi connectivity index (χ0) is 16.8. The molecule has 0 heterocycles. The highest BCUT2D eigenvalue weighted by atomic mass is 35.5. The quantitative estimate of drug-likeness (QED) is 0.855. The van der Waals surface area contributed by atoms with Gasteiger partial charge >= 0.3 is 5.97 Å². The van der Waals surface area contributed by atoms with E-state index in [1.54, 1.807) is 12.1 Å². The van der Waals surface area contributed by atoms with E-state index >= 15 is 0 Å². The number of carbonyl (C=O) groups excluding carboxylic acids is 2. The smallest absolute Gasteiger partial charge is 0.338 e. The number of hydrogen-bond donors (Lipinski definition) is 1. The number of nitrogens with zero attached hydrogens (tertiary/aromatic N) is 1. The summed E-state index contributed by atoms with van der Waals surface area (Å²) in [5, 5.41) is 12.2. The van der Waals surface area contributed by atoms with Gasteiger partial charge in [-0.2, -0.15) is 5.26 Å². The van der Waals surface area contributed by atoms with E-state index in [1.165, 1.54) is 30.3 Å². The average molecular weight is 349 g/mol. The van der Waals surface area contributed by atoms with Gasteiger partial charge in [0.05, 0.1) is 16.8 Å². The van der Waals surface area contributed by atoms with E-state index in [4.69, 9.17) is 33.2 Å². The minimum absolute atomic E-state index is 0.241. The van der Waals surface area contributed by atoms with Crippen molar-refractivity contribution in [2.75, 3.05) is 11.9 Å². The summed E-state index contributed by atoms with van der Waals surface area (Å²) in [5.74, 6) is -1.26. The highest BCUT2D eigenvalue weighted by Crippen LogP contribution is 2.20. The third-order valence-corrected chi connectivity index (χ3v) is 3.24. The summed E-state index contributed by atoms with van der Waals surface area (Å²) in [4.78, 5) is 23.6. The molecule has 7 heteroatoms. The van der Waals surface area contributed by atoms with Crippen molar-refractivity contribution >= 4 is 40.8 Å². The summed E-state index contributed by atoms with van der Waals surface area (Å²) in [7, 11) is 0. The first-order valence-electron chi connectivity index (χ1n) is 6.42. The van der Waals surface area contributed by atoms with Gasteiger partial charge in [-0.3, -0.25) is 4.79 Å². The number of halogens is 2. The Morgan fingerprint density at radius 1 is 1.13 bits per heavy atom. The third kappa shape index (κ3) is 4.71. The average Bonchev–Trinajstić information content (AvgIpc) is 2.53. The third-order valence-electron chi connectivity index (χ3n) is 2.77. The van der Waals surface area contributed by atoms with Gasteiger partial charge < -0.3 is 10.1 Å². The maximum absolute atomic E-state index is 11.8. The first kappa shape index (κ1) is 16.8. The second kappa shape index (κ2) is 7.63. The second-order valence-corrected chi connectivity index (χ2v) is 5.31. The molecule has 0 atom stereocenters. The van der Waals surface area contributed by atoms with Crippen LogP contribution in [0.15, 0.2) is 42.5 Å². The lowest BCUT2D eigenvalue weighted by Crippen LogP contribution is -2.21. The van der Waals surface area contributed by atoms with E-state index in [2.05, 4.69) is 5.32 Å². The Morgan fingerprint density at radius 3 is 2.57 bits per heavy atom. The van der Waals surface area contributed by atoms with Gasteiger partial charge in [-0.1, -0.05) is 29.3 Å². The van der Waals surface area contributed by atoms with E-state index in [0.717, 1.165) is 0 Å². The predicted octanol–water partition coefficient (Wildman–Crippen LogP) is 3.66. The molecule has 0 radical (unpaired) electrons. The molecule has 116 valence electrons. The Labute approximate surface area is 142 Å². The molecule has 2 rings (SSSR count). The predicted molar refractivity (Wildman–Crippen MR) is 86.5 cm³/mol. The van der Waals surface area contributed by atoms with E-state index in [-0.39, 0.29) is 16.8 Å². The molecule has 0 spiro atoms. The van der Waals surface area contributed by atoms with Crippen LogP contribution in [0.25, 0.3) is 0 Å². The topological polar surface area (TPSA) is 79.2 Å². The number of ether oxygens (including phenoxy) is 1. The molecule has 0 saturated heterocycles. The standard InChI is InChI=1S/C16H10Cl2N2O3/c17-12-3-1-2-10(6-12)16(22)23-9-15(21)20-14-7-13(18)5-4-11(14)8-19/h1-7H,9H2,(H,20,21). The Hall–Kier alpha value is -2.55. The summed E-state index contributed by atoms with van der Waals surface area (Å²) in [6.07, 6.45) is 0. The van der Waals surface area contributed by atoms with Crippen molar-refractivity contribution in [3.8, 4) is 6.07 Å². The molecule has 0 unspecified atom stereocenters. The molecule has 1 amide bonds. The fourth-order valence-corrected chi connectivity index (χ4v) is 2.10. The molecule has 0 aliphatic heterocycles. The SMILES string of the molecule is N#Cc1ccc(Cl)cc1NC(=O)COC(=O)c1cccc(Cl)c1. The largest absolute Gasteiger partial charge is 0.452 e. The summed E-state index contributed by atoms with van der Waals surface area (Å²) in [6.45, 7) is -0.497. The number of benzene rings is 2. The molecule has 0 bridgehead atoms. The van der Waals surface area contributed by atoms with Crippen LogP contribution < -0.4 is 5.32 Å². The van der Waals surface area contributed by atoms with Crippen LogP contribution in [-0.4, -0.2) is 18.5 Å². The molecule has 0 fully saturated rings. The fraction of sp³-hybridized carbons (Fsp3) is 0.0625. The van der Waals surface area contributed by atoms with Gasteiger partial charge in [0, 0.05) is 10.0 Å². The number of hydrogen-bond acceptors (Lipinski definition) is 4. The lowest BCUT2D eigenvalue weighted by Gasteiger charge is -2.08. The highest BCUT2D eigenvalue weighted by Gasteiger charge is 2.12. The molecule has 0 aliphatic rings. The van der Waals surface area contributed by atoms with Crippen molar-refractivity contribution in [3.63, 3.8) is 0 Å². The van der Waals surface area contributed by atoms with Gasteiger partial charge in [-0.05, 0) is 36.4 Å². The van der Waals surface area contributed by atoms with E-state index < -0.39 is 18.5 Å². The Bertz CT molecular complexity index is 800. The molecule has 2 aromatic carbocycles. The fourth-order valence-electron chi connectivity index (χ4n) is 1.73. The number of esters is 1. The van der Waals surface area contributed by atoms with E-state index in [0.29, 0.717) is 10.0 Å². The van der Waals surface area contributed by atoms with Gasteiger partial charge in [-0.25, -0.2) is 4.79 Å². The van der Waals surface area contributed by atoms with Crippen molar-refractivity contribution < 1.29 is 14.3 Å². The summed E-state index contributed by atoms with van der Waals surface area (Å²) >= 11 is 11.6. The first-order chi connectivity index (χ1) is 11.0. The number of rotatable bonds is 4. The molecule has 0 aromatic heterocycles. The van der Waals surface area contributed by atoms with Crippen LogP contribution in [0.2, 0.25) is 10.0 Å². The minimum Gasteiger partial charge on any atom is -0.452 e. The van der Waals surface area contributed by atoms with Gasteiger partial charge in [0.2, 0.25) is 0 Å². The Morgan fingerprint density at radius 2 is 1.87 bits per heavy atom. The highest BCUT2D eigenvalue weighted by molar-refractivity contribution is 6.31. The van der Waals surface area contributed by atoms with Gasteiger partial charge in [-0.15, -0.1) is 0 Å². The van der Waals surface area contributed by atoms with Crippen LogP contribution >= 0.6 is 23.2 Å². The number of nitriles is 1. The van der Waals surface area contributed by atoms with Crippen LogP contribution in [0.3, 0.4) is 0 Å². The Kier molecular flexibility index (Phi) is 5.58. The summed E-state index contributed by atoms with van der Waals surface area (Å²) in [6, 6.07) is 12.6. The number of nitrogens with one attached hydrogen (secondary N) is 1. The Balaban J connectivity index is 1.97. The first-order valence-corrected chi connectivity index (χ1v) is 7.17.